The van der Waals surface area contributed by atoms with E-state index in [1.807, 2.05) is 66.7 Å². The normalized spacial score (nSPS) is 12.8. The van der Waals surface area contributed by atoms with Gasteiger partial charge in [-0.1, -0.05) is 80.6 Å². The van der Waals surface area contributed by atoms with E-state index in [9.17, 15) is 4.57 Å². The minimum absolute atomic E-state index is 0.149. The highest BCUT2D eigenvalue weighted by Crippen LogP contribution is 2.40. The molecule has 3 aromatic rings. The average Bonchev–Trinajstić information content (AvgIpc) is 2.74. The third-order valence-electron chi connectivity index (χ3n) is 5.02. The van der Waals surface area contributed by atoms with Gasteiger partial charge in [-0.25, -0.2) is 0 Å². The van der Waals surface area contributed by atoms with Gasteiger partial charge in [0.15, 0.2) is 0 Å². The second-order valence-corrected chi connectivity index (χ2v) is 10.3. The predicted molar refractivity (Wildman–Crippen MR) is 121 cm³/mol. The van der Waals surface area contributed by atoms with Crippen LogP contribution in [0.15, 0.2) is 91.0 Å². The van der Waals surface area contributed by atoms with Crippen molar-refractivity contribution < 1.29 is 4.57 Å². The summed E-state index contributed by atoms with van der Waals surface area (Å²) in [6, 6.07) is 30.3. The van der Waals surface area contributed by atoms with E-state index in [4.69, 9.17) is 0 Å². The molecule has 3 rings (SSSR count). The van der Waals surface area contributed by atoms with Crippen LogP contribution in [0.3, 0.4) is 0 Å². The van der Waals surface area contributed by atoms with Crippen LogP contribution < -0.4 is 15.7 Å². The summed E-state index contributed by atoms with van der Waals surface area (Å²) in [4.78, 5) is 0. The van der Waals surface area contributed by atoms with Crippen LogP contribution in [-0.2, 0) is 11.0 Å². The second kappa shape index (κ2) is 9.87. The van der Waals surface area contributed by atoms with Crippen LogP contribution >= 0.6 is 7.29 Å². The van der Waals surface area contributed by atoms with E-state index in [2.05, 4.69) is 43.2 Å². The van der Waals surface area contributed by atoms with Crippen LogP contribution in [0.5, 0.6) is 0 Å². The Balaban J connectivity index is 1.94. The van der Waals surface area contributed by atoms with Crippen molar-refractivity contribution in [2.75, 3.05) is 0 Å². The molecule has 3 heteroatoms. The topological polar surface area (TPSA) is 29.1 Å². The summed E-state index contributed by atoms with van der Waals surface area (Å²) in [6.45, 7) is 4.49. The van der Waals surface area contributed by atoms with Crippen molar-refractivity contribution in [2.45, 2.75) is 39.2 Å². The largest absolute Gasteiger partial charge is 0.297 e. The maximum Gasteiger partial charge on any atom is 0.204 e. The Morgan fingerprint density at radius 1 is 0.714 bits per heavy atom. The SMILES string of the molecule is CC(C)CC[C@H](Cc1ccccc1)NP(=O)(c1ccccc1)c1ccccc1. The number of hydrogen-bond acceptors (Lipinski definition) is 1. The number of benzene rings is 3. The number of nitrogens with one attached hydrogen (secondary N) is 1. The molecule has 0 aliphatic carbocycles. The van der Waals surface area contributed by atoms with E-state index in [0.717, 1.165) is 29.9 Å². The minimum Gasteiger partial charge on any atom is -0.297 e. The predicted octanol–water partition coefficient (Wildman–Crippen LogP) is 5.55. The summed E-state index contributed by atoms with van der Waals surface area (Å²) in [7, 11) is -2.93. The molecular weight excluding hydrogens is 361 g/mol. The molecule has 1 atom stereocenters. The Hall–Kier alpha value is -2.15. The molecule has 0 saturated carbocycles. The maximum atomic E-state index is 14.4. The zero-order valence-electron chi connectivity index (χ0n) is 16.8. The van der Waals surface area contributed by atoms with E-state index in [0.29, 0.717) is 5.92 Å². The van der Waals surface area contributed by atoms with Gasteiger partial charge >= 0.3 is 0 Å². The fraction of sp³-hybridized carbons (Fsp3) is 0.280. The Morgan fingerprint density at radius 2 is 1.18 bits per heavy atom. The van der Waals surface area contributed by atoms with Crippen LogP contribution in [0.2, 0.25) is 0 Å². The van der Waals surface area contributed by atoms with Crippen molar-refractivity contribution in [1.29, 1.82) is 0 Å². The van der Waals surface area contributed by atoms with Crippen LogP contribution in [0, 0.1) is 5.92 Å². The van der Waals surface area contributed by atoms with Crippen LogP contribution in [0.4, 0.5) is 0 Å². The van der Waals surface area contributed by atoms with Gasteiger partial charge in [-0.05, 0) is 55.0 Å². The Bertz CT molecular complexity index is 835. The summed E-state index contributed by atoms with van der Waals surface area (Å²) >= 11 is 0. The fourth-order valence-electron chi connectivity index (χ4n) is 3.48. The van der Waals surface area contributed by atoms with E-state index in [-0.39, 0.29) is 6.04 Å². The molecule has 28 heavy (non-hydrogen) atoms. The molecule has 0 heterocycles. The molecule has 0 spiro atoms. The molecule has 0 aliphatic heterocycles. The number of hydrogen-bond donors (Lipinski definition) is 1. The van der Waals surface area contributed by atoms with Crippen LogP contribution in [0.1, 0.15) is 32.3 Å². The quantitative estimate of drug-likeness (QED) is 0.484. The summed E-state index contributed by atoms with van der Waals surface area (Å²) < 4.78 is 14.4. The molecule has 0 aliphatic rings. The Labute approximate surface area is 169 Å². The van der Waals surface area contributed by atoms with Crippen molar-refractivity contribution in [3.8, 4) is 0 Å². The van der Waals surface area contributed by atoms with Crippen molar-refractivity contribution >= 4 is 17.9 Å². The molecule has 2 nitrogen and oxygen atoms in total. The summed E-state index contributed by atoms with van der Waals surface area (Å²) in [5.74, 6) is 0.618. The molecule has 0 bridgehead atoms. The van der Waals surface area contributed by atoms with Crippen molar-refractivity contribution in [2.24, 2.45) is 5.92 Å². The lowest BCUT2D eigenvalue weighted by atomic mass is 9.98. The first-order valence-corrected chi connectivity index (χ1v) is 11.8. The highest BCUT2D eigenvalue weighted by molar-refractivity contribution is 7.76. The van der Waals surface area contributed by atoms with E-state index < -0.39 is 7.29 Å². The first-order valence-electron chi connectivity index (χ1n) is 10.1. The van der Waals surface area contributed by atoms with E-state index >= 15 is 0 Å². The van der Waals surface area contributed by atoms with E-state index in [1.165, 1.54) is 5.56 Å². The third-order valence-corrected chi connectivity index (χ3v) is 7.80. The number of rotatable bonds is 9. The highest BCUT2D eigenvalue weighted by Gasteiger charge is 2.30. The van der Waals surface area contributed by atoms with Crippen molar-refractivity contribution in [1.82, 2.24) is 5.09 Å². The van der Waals surface area contributed by atoms with Gasteiger partial charge in [-0.3, -0.25) is 9.65 Å². The summed E-state index contributed by atoms with van der Waals surface area (Å²) in [5, 5.41) is 5.35. The molecule has 0 aromatic heterocycles. The van der Waals surface area contributed by atoms with Gasteiger partial charge in [0.25, 0.3) is 0 Å². The lowest BCUT2D eigenvalue weighted by molar-refractivity contribution is 0.468. The van der Waals surface area contributed by atoms with Crippen LogP contribution in [-0.4, -0.2) is 6.04 Å². The first-order chi connectivity index (χ1) is 13.6. The van der Waals surface area contributed by atoms with Gasteiger partial charge in [0.2, 0.25) is 7.29 Å². The third kappa shape index (κ3) is 5.44. The molecule has 0 radical (unpaired) electrons. The molecule has 0 unspecified atom stereocenters. The molecular formula is C25H30NOP. The zero-order valence-corrected chi connectivity index (χ0v) is 17.7. The van der Waals surface area contributed by atoms with Gasteiger partial charge < -0.3 is 0 Å². The summed E-state index contributed by atoms with van der Waals surface area (Å²) in [6.07, 6.45) is 2.97. The highest BCUT2D eigenvalue weighted by atomic mass is 31.2. The fourth-order valence-corrected chi connectivity index (χ4v) is 5.99. The molecule has 0 fully saturated rings. The molecule has 1 N–H and O–H groups in total. The monoisotopic (exact) mass is 391 g/mol. The van der Waals surface area contributed by atoms with Gasteiger partial charge in [-0.15, -0.1) is 0 Å². The first kappa shape index (κ1) is 20.6. The smallest absolute Gasteiger partial charge is 0.204 e. The van der Waals surface area contributed by atoms with Crippen LogP contribution in [0.25, 0.3) is 0 Å². The standard InChI is InChI=1S/C25H30NOP/c1-21(2)18-19-23(20-22-12-6-3-7-13-22)26-28(27,24-14-8-4-9-15-24)25-16-10-5-11-17-25/h3-17,21,23H,18-20H2,1-2H3,(H,26,27)/t23-/m1/s1. The molecule has 146 valence electrons. The van der Waals surface area contributed by atoms with Crippen molar-refractivity contribution in [3.63, 3.8) is 0 Å². The van der Waals surface area contributed by atoms with Gasteiger partial charge in [0, 0.05) is 16.7 Å². The van der Waals surface area contributed by atoms with Gasteiger partial charge in [-0.2, -0.15) is 0 Å². The second-order valence-electron chi connectivity index (χ2n) is 7.77. The Morgan fingerprint density at radius 3 is 1.64 bits per heavy atom. The van der Waals surface area contributed by atoms with Gasteiger partial charge in [0.1, 0.15) is 0 Å². The average molecular weight is 391 g/mol. The van der Waals surface area contributed by atoms with E-state index in [1.54, 1.807) is 0 Å². The lowest BCUT2D eigenvalue weighted by Gasteiger charge is -2.28. The summed E-state index contributed by atoms with van der Waals surface area (Å²) in [5.41, 5.74) is 1.27. The Kier molecular flexibility index (Phi) is 7.25. The molecule has 3 aromatic carbocycles. The lowest BCUT2D eigenvalue weighted by Crippen LogP contribution is -2.36. The molecule has 0 saturated heterocycles. The van der Waals surface area contributed by atoms with Crippen molar-refractivity contribution in [3.05, 3.63) is 96.6 Å². The zero-order chi connectivity index (χ0) is 19.8. The minimum atomic E-state index is -2.93. The molecule has 0 amide bonds. The van der Waals surface area contributed by atoms with Gasteiger partial charge in [0.05, 0.1) is 0 Å². The maximum absolute atomic E-state index is 14.4.